The van der Waals surface area contributed by atoms with E-state index in [2.05, 4.69) is 47.9 Å². The number of hydrogen-bond donors (Lipinski definition) is 3. The van der Waals surface area contributed by atoms with Crippen molar-refractivity contribution in [2.75, 3.05) is 18.4 Å². The molecule has 1 aliphatic carbocycles. The summed E-state index contributed by atoms with van der Waals surface area (Å²) < 4.78 is 5.59. The van der Waals surface area contributed by atoms with Crippen LogP contribution in [0.1, 0.15) is 30.5 Å². The number of H-pyrrole nitrogens is 1. The summed E-state index contributed by atoms with van der Waals surface area (Å²) in [5.74, 6) is 2.05. The fourth-order valence-corrected chi connectivity index (χ4v) is 3.67. The third kappa shape index (κ3) is 4.24. The van der Waals surface area contributed by atoms with Crippen molar-refractivity contribution in [1.82, 2.24) is 25.5 Å². The Balaban J connectivity index is 1.28. The van der Waals surface area contributed by atoms with Crippen molar-refractivity contribution in [3.8, 4) is 11.1 Å². The summed E-state index contributed by atoms with van der Waals surface area (Å²) in [6.45, 7) is 2.80. The molecule has 0 spiro atoms. The maximum Gasteiger partial charge on any atom is 0.251 e. The lowest BCUT2D eigenvalue weighted by Gasteiger charge is -2.25. The van der Waals surface area contributed by atoms with Gasteiger partial charge in [0.25, 0.3) is 5.95 Å². The van der Waals surface area contributed by atoms with Crippen LogP contribution in [0.25, 0.3) is 11.1 Å². The fraction of sp³-hybridized carbons (Fsp3) is 0.364. The molecule has 5 rings (SSSR count). The Kier molecular flexibility index (Phi) is 5.50. The average molecular weight is 403 g/mol. The third-order valence-corrected chi connectivity index (χ3v) is 5.65. The van der Waals surface area contributed by atoms with Gasteiger partial charge in [0, 0.05) is 35.8 Å². The van der Waals surface area contributed by atoms with Crippen LogP contribution in [0.3, 0.4) is 0 Å². The van der Waals surface area contributed by atoms with Crippen molar-refractivity contribution in [3.63, 3.8) is 0 Å². The molecule has 0 saturated heterocycles. The summed E-state index contributed by atoms with van der Waals surface area (Å²) in [7, 11) is 0. The summed E-state index contributed by atoms with van der Waals surface area (Å²) in [6, 6.07) is 8.16. The number of aromatic nitrogens is 4. The summed E-state index contributed by atoms with van der Waals surface area (Å²) in [5.41, 5.74) is 5.01. The molecule has 1 aromatic carbocycles. The molecule has 0 radical (unpaired) electrons. The molecule has 0 unspecified atom stereocenters. The Hall–Kier alpha value is -3.10. The number of nitrogens with zero attached hydrogens (tertiary/aromatic N) is 4. The number of nitrogens with one attached hydrogen (secondary N) is 3. The summed E-state index contributed by atoms with van der Waals surface area (Å²) in [6.07, 6.45) is 9.59. The molecule has 1 fully saturated rings. The molecule has 30 heavy (non-hydrogen) atoms. The number of benzene rings is 1. The predicted molar refractivity (Wildman–Crippen MR) is 116 cm³/mol. The van der Waals surface area contributed by atoms with Crippen LogP contribution in [0.4, 0.5) is 17.5 Å². The van der Waals surface area contributed by atoms with Crippen LogP contribution in [-0.2, 0) is 18.0 Å². The molecule has 1 aliphatic heterocycles. The van der Waals surface area contributed by atoms with Gasteiger partial charge in [-0.15, -0.1) is 0 Å². The molecule has 8 nitrogen and oxygen atoms in total. The van der Waals surface area contributed by atoms with Crippen molar-refractivity contribution in [1.29, 1.82) is 0 Å². The Morgan fingerprint density at radius 1 is 1.13 bits per heavy atom. The smallest absolute Gasteiger partial charge is 0.251 e. The van der Waals surface area contributed by atoms with Gasteiger partial charge >= 0.3 is 0 Å². The number of ether oxygens (including phenoxy) is 1. The largest absolute Gasteiger partial charge is 0.370 e. The highest BCUT2D eigenvalue weighted by atomic mass is 16.5. The zero-order valence-corrected chi connectivity index (χ0v) is 16.8. The maximum absolute atomic E-state index is 5.59. The highest BCUT2D eigenvalue weighted by Crippen LogP contribution is 2.30. The quantitative estimate of drug-likeness (QED) is 0.391. The number of aliphatic imine (C=N–C) groups is 1. The second-order valence-corrected chi connectivity index (χ2v) is 7.75. The number of aromatic amines is 1. The van der Waals surface area contributed by atoms with E-state index in [1.54, 1.807) is 0 Å². The van der Waals surface area contributed by atoms with E-state index in [1.165, 1.54) is 19.3 Å². The molecular weight excluding hydrogens is 378 g/mol. The first-order chi connectivity index (χ1) is 14.8. The molecular formula is C22H25N7O. The van der Waals surface area contributed by atoms with Crippen molar-refractivity contribution in [3.05, 3.63) is 47.9 Å². The van der Waals surface area contributed by atoms with Gasteiger partial charge in [0.1, 0.15) is 5.82 Å². The minimum absolute atomic E-state index is 0.460. The first kappa shape index (κ1) is 18.9. The van der Waals surface area contributed by atoms with Crippen LogP contribution < -0.4 is 10.6 Å². The number of anilines is 2. The summed E-state index contributed by atoms with van der Waals surface area (Å²) in [4.78, 5) is 13.6. The molecule has 0 atom stereocenters. The highest BCUT2D eigenvalue weighted by molar-refractivity contribution is 5.68. The Morgan fingerprint density at radius 2 is 2.03 bits per heavy atom. The summed E-state index contributed by atoms with van der Waals surface area (Å²) in [5, 5.41) is 13.7. The van der Waals surface area contributed by atoms with Crippen molar-refractivity contribution in [2.24, 2.45) is 10.9 Å². The zero-order chi connectivity index (χ0) is 20.2. The Bertz CT molecular complexity index is 1010. The van der Waals surface area contributed by atoms with Crippen LogP contribution in [-0.4, -0.2) is 39.5 Å². The Labute approximate surface area is 175 Å². The average Bonchev–Trinajstić information content (AvgIpc) is 3.42. The van der Waals surface area contributed by atoms with Crippen molar-refractivity contribution < 1.29 is 4.74 Å². The molecule has 3 N–H and O–H groups in total. The monoisotopic (exact) mass is 403 g/mol. The van der Waals surface area contributed by atoms with Gasteiger partial charge in [-0.1, -0.05) is 18.6 Å². The van der Waals surface area contributed by atoms with E-state index in [9.17, 15) is 0 Å². The zero-order valence-electron chi connectivity index (χ0n) is 16.8. The van der Waals surface area contributed by atoms with Crippen LogP contribution >= 0.6 is 0 Å². The minimum atomic E-state index is 0.460. The van der Waals surface area contributed by atoms with Gasteiger partial charge in [-0.05, 0) is 43.0 Å². The Morgan fingerprint density at radius 3 is 2.80 bits per heavy atom. The normalized spacial score (nSPS) is 16.0. The molecule has 154 valence electrons. The number of rotatable bonds is 8. The first-order valence-electron chi connectivity index (χ1n) is 10.4. The van der Waals surface area contributed by atoms with E-state index in [0.29, 0.717) is 19.2 Å². The molecule has 8 heteroatoms. The fourth-order valence-electron chi connectivity index (χ4n) is 3.67. The topological polar surface area (TPSA) is 100 Å². The third-order valence-electron chi connectivity index (χ3n) is 5.65. The predicted octanol–water partition coefficient (Wildman–Crippen LogP) is 3.73. The minimum Gasteiger partial charge on any atom is -0.370 e. The lowest BCUT2D eigenvalue weighted by Crippen LogP contribution is -2.28. The second kappa shape index (κ2) is 8.73. The van der Waals surface area contributed by atoms with Gasteiger partial charge in [0.15, 0.2) is 0 Å². The van der Waals surface area contributed by atoms with Crippen LogP contribution in [0.15, 0.2) is 41.7 Å². The van der Waals surface area contributed by atoms with E-state index >= 15 is 0 Å². The maximum atomic E-state index is 5.59. The summed E-state index contributed by atoms with van der Waals surface area (Å²) >= 11 is 0. The van der Waals surface area contributed by atoms with Gasteiger partial charge in [0.2, 0.25) is 0 Å². The number of fused-ring (bicyclic) bond motifs is 1. The molecule has 2 aromatic heterocycles. The van der Waals surface area contributed by atoms with E-state index in [0.717, 1.165) is 52.9 Å². The lowest BCUT2D eigenvalue weighted by atomic mass is 9.85. The molecule has 0 amide bonds. The van der Waals surface area contributed by atoms with Crippen molar-refractivity contribution >= 4 is 23.7 Å². The van der Waals surface area contributed by atoms with Crippen LogP contribution in [0.5, 0.6) is 0 Å². The van der Waals surface area contributed by atoms with E-state index in [1.807, 2.05) is 30.7 Å². The van der Waals surface area contributed by atoms with Gasteiger partial charge < -0.3 is 15.4 Å². The second-order valence-electron chi connectivity index (χ2n) is 7.75. The van der Waals surface area contributed by atoms with Gasteiger partial charge in [-0.2, -0.15) is 10.1 Å². The van der Waals surface area contributed by atoms with Crippen molar-refractivity contribution in [2.45, 2.75) is 32.5 Å². The first-order valence-corrected chi connectivity index (χ1v) is 10.4. The van der Waals surface area contributed by atoms with E-state index in [4.69, 9.17) is 4.74 Å². The van der Waals surface area contributed by atoms with Gasteiger partial charge in [0.05, 0.1) is 25.1 Å². The SMILES string of the molecule is C(CNCC1CCC1)=Nc1nc2c(c(Nc3ccc(-c4cn[nH]c4)cc3)n1)COC2. The molecule has 0 bridgehead atoms. The van der Waals surface area contributed by atoms with Crippen LogP contribution in [0, 0.1) is 5.92 Å². The molecule has 2 aliphatic rings. The molecule has 3 heterocycles. The molecule has 3 aromatic rings. The van der Waals surface area contributed by atoms with E-state index < -0.39 is 0 Å². The standard InChI is InChI=1S/C22H25N7O/c1-2-15(3-1)10-23-8-9-24-22-28-20-14-30-13-19(20)21(29-22)27-18-6-4-16(5-7-18)17-11-25-26-12-17/h4-7,9,11-12,15,23H,1-3,8,10,13-14H2,(H,25,26)(H,27,28,29). The van der Waals surface area contributed by atoms with Gasteiger partial charge in [-0.25, -0.2) is 9.98 Å². The highest BCUT2D eigenvalue weighted by Gasteiger charge is 2.20. The number of hydrogen-bond acceptors (Lipinski definition) is 7. The lowest BCUT2D eigenvalue weighted by molar-refractivity contribution is 0.133. The van der Waals surface area contributed by atoms with Crippen LogP contribution in [0.2, 0.25) is 0 Å². The van der Waals surface area contributed by atoms with E-state index in [-0.39, 0.29) is 0 Å². The molecule has 1 saturated carbocycles. The van der Waals surface area contributed by atoms with Gasteiger partial charge in [-0.3, -0.25) is 5.10 Å².